The van der Waals surface area contributed by atoms with Crippen LogP contribution in [-0.2, 0) is 14.3 Å². The van der Waals surface area contributed by atoms with Gasteiger partial charge in [-0.05, 0) is 52.0 Å². The van der Waals surface area contributed by atoms with E-state index in [-0.39, 0.29) is 17.5 Å². The molecule has 0 spiro atoms. The molecule has 0 saturated heterocycles. The van der Waals surface area contributed by atoms with Crippen LogP contribution in [0.25, 0.3) is 0 Å². The zero-order chi connectivity index (χ0) is 16.0. The van der Waals surface area contributed by atoms with Crippen molar-refractivity contribution in [2.75, 3.05) is 5.75 Å². The maximum Gasteiger partial charge on any atom is 0.328 e. The van der Waals surface area contributed by atoms with Crippen molar-refractivity contribution in [3.05, 3.63) is 30.1 Å². The molecule has 1 N–H and O–H groups in total. The van der Waals surface area contributed by atoms with Crippen molar-refractivity contribution in [1.82, 2.24) is 5.32 Å². The predicted octanol–water partition coefficient (Wildman–Crippen LogP) is 2.76. The number of halogens is 1. The summed E-state index contributed by atoms with van der Waals surface area (Å²) in [5, 5.41) is 2.58. The van der Waals surface area contributed by atoms with E-state index in [9.17, 15) is 14.0 Å². The summed E-state index contributed by atoms with van der Waals surface area (Å²) in [5.74, 6) is -0.911. The van der Waals surface area contributed by atoms with E-state index in [2.05, 4.69) is 5.32 Å². The fraction of sp³-hybridized carbons (Fsp3) is 0.467. The van der Waals surface area contributed by atoms with Crippen LogP contribution < -0.4 is 5.32 Å². The first-order chi connectivity index (χ1) is 9.67. The minimum absolute atomic E-state index is 0.152. The number of carbonyl (C=O) groups is 2. The van der Waals surface area contributed by atoms with Crippen LogP contribution in [-0.4, -0.2) is 29.3 Å². The van der Waals surface area contributed by atoms with Crippen molar-refractivity contribution in [3.8, 4) is 0 Å². The topological polar surface area (TPSA) is 55.4 Å². The van der Waals surface area contributed by atoms with Crippen LogP contribution in [0.5, 0.6) is 0 Å². The van der Waals surface area contributed by atoms with Gasteiger partial charge in [-0.1, -0.05) is 0 Å². The van der Waals surface area contributed by atoms with Gasteiger partial charge in [0.05, 0.1) is 5.75 Å². The van der Waals surface area contributed by atoms with E-state index in [1.54, 1.807) is 39.8 Å². The zero-order valence-electron chi connectivity index (χ0n) is 12.6. The summed E-state index contributed by atoms with van der Waals surface area (Å²) in [5.41, 5.74) is -0.584. The van der Waals surface area contributed by atoms with Gasteiger partial charge < -0.3 is 10.1 Å². The van der Waals surface area contributed by atoms with Crippen LogP contribution in [0.2, 0.25) is 0 Å². The van der Waals surface area contributed by atoms with Crippen molar-refractivity contribution in [3.63, 3.8) is 0 Å². The van der Waals surface area contributed by atoms with E-state index >= 15 is 0 Å². The molecule has 0 aliphatic rings. The van der Waals surface area contributed by atoms with Gasteiger partial charge in [0.15, 0.2) is 0 Å². The van der Waals surface area contributed by atoms with Crippen LogP contribution in [0.1, 0.15) is 27.7 Å². The zero-order valence-corrected chi connectivity index (χ0v) is 13.4. The third-order valence-electron chi connectivity index (χ3n) is 2.32. The Morgan fingerprint density at radius 3 is 2.38 bits per heavy atom. The summed E-state index contributed by atoms with van der Waals surface area (Å²) >= 11 is 1.27. The van der Waals surface area contributed by atoms with Gasteiger partial charge in [-0.2, -0.15) is 0 Å². The smallest absolute Gasteiger partial charge is 0.328 e. The van der Waals surface area contributed by atoms with Gasteiger partial charge in [0.2, 0.25) is 5.91 Å². The highest BCUT2D eigenvalue weighted by Gasteiger charge is 2.22. The average molecular weight is 313 g/mol. The molecule has 0 fully saturated rings. The number of hydrogen-bond acceptors (Lipinski definition) is 4. The molecule has 0 aromatic heterocycles. The van der Waals surface area contributed by atoms with Gasteiger partial charge in [0.25, 0.3) is 0 Å². The summed E-state index contributed by atoms with van der Waals surface area (Å²) < 4.78 is 17.9. The lowest BCUT2D eigenvalue weighted by atomic mass is 10.2. The predicted molar refractivity (Wildman–Crippen MR) is 80.6 cm³/mol. The lowest BCUT2D eigenvalue weighted by molar-refractivity contribution is -0.157. The van der Waals surface area contributed by atoms with Gasteiger partial charge in [-0.25, -0.2) is 9.18 Å². The summed E-state index contributed by atoms with van der Waals surface area (Å²) in [6, 6.07) is 5.17. The number of amides is 1. The summed E-state index contributed by atoms with van der Waals surface area (Å²) in [6.07, 6.45) is 0. The lowest BCUT2D eigenvalue weighted by Crippen LogP contribution is -2.42. The summed E-state index contributed by atoms with van der Waals surface area (Å²) in [7, 11) is 0. The molecule has 0 heterocycles. The molecule has 4 nitrogen and oxygen atoms in total. The second-order valence-corrected chi connectivity index (χ2v) is 6.61. The molecular formula is C15H20FNO3S. The second-order valence-electron chi connectivity index (χ2n) is 5.57. The minimum Gasteiger partial charge on any atom is -0.458 e. The highest BCUT2D eigenvalue weighted by molar-refractivity contribution is 8.00. The Hall–Kier alpha value is -1.56. The first-order valence-electron chi connectivity index (χ1n) is 6.58. The highest BCUT2D eigenvalue weighted by atomic mass is 32.2. The number of esters is 1. The SMILES string of the molecule is C[C@H](NC(=O)CSc1ccc(F)cc1)C(=O)OC(C)(C)C. The Kier molecular flexibility index (Phi) is 6.20. The van der Waals surface area contributed by atoms with Crippen LogP contribution in [0, 0.1) is 5.82 Å². The number of ether oxygens (including phenoxy) is 1. The number of nitrogens with one attached hydrogen (secondary N) is 1. The first-order valence-corrected chi connectivity index (χ1v) is 7.56. The van der Waals surface area contributed by atoms with E-state index in [1.165, 1.54) is 23.9 Å². The molecule has 1 aromatic carbocycles. The number of rotatable bonds is 5. The van der Waals surface area contributed by atoms with Crippen LogP contribution in [0.15, 0.2) is 29.2 Å². The molecule has 0 saturated carbocycles. The third-order valence-corrected chi connectivity index (χ3v) is 3.33. The molecule has 0 aliphatic heterocycles. The van der Waals surface area contributed by atoms with Gasteiger partial charge in [-0.15, -0.1) is 11.8 Å². The highest BCUT2D eigenvalue weighted by Crippen LogP contribution is 2.17. The number of benzene rings is 1. The Labute approximate surface area is 128 Å². The number of carbonyl (C=O) groups excluding carboxylic acids is 2. The molecule has 116 valence electrons. The summed E-state index contributed by atoms with van der Waals surface area (Å²) in [6.45, 7) is 6.88. The van der Waals surface area contributed by atoms with E-state index in [0.29, 0.717) is 0 Å². The molecule has 0 aliphatic carbocycles. The lowest BCUT2D eigenvalue weighted by Gasteiger charge is -2.22. The van der Waals surface area contributed by atoms with E-state index in [4.69, 9.17) is 4.74 Å². The quantitative estimate of drug-likeness (QED) is 0.671. The molecule has 1 aromatic rings. The Morgan fingerprint density at radius 2 is 1.86 bits per heavy atom. The normalized spacial score (nSPS) is 12.6. The number of thioether (sulfide) groups is 1. The van der Waals surface area contributed by atoms with Crippen molar-refractivity contribution < 1.29 is 18.7 Å². The fourth-order valence-electron chi connectivity index (χ4n) is 1.41. The molecule has 1 rings (SSSR count). The second kappa shape index (κ2) is 7.45. The fourth-order valence-corrected chi connectivity index (χ4v) is 2.12. The molecule has 1 atom stereocenters. The molecule has 21 heavy (non-hydrogen) atoms. The maximum atomic E-state index is 12.7. The van der Waals surface area contributed by atoms with Gasteiger partial charge in [-0.3, -0.25) is 4.79 Å². The monoisotopic (exact) mass is 313 g/mol. The first kappa shape index (κ1) is 17.5. The third kappa shape index (κ3) is 7.13. The molecule has 6 heteroatoms. The van der Waals surface area contributed by atoms with Crippen molar-refractivity contribution in [1.29, 1.82) is 0 Å². The molecule has 1 amide bonds. The van der Waals surface area contributed by atoms with Crippen LogP contribution in [0.4, 0.5) is 4.39 Å². The van der Waals surface area contributed by atoms with Crippen molar-refractivity contribution in [2.45, 2.75) is 44.2 Å². The Morgan fingerprint density at radius 1 is 1.29 bits per heavy atom. The van der Waals surface area contributed by atoms with Crippen molar-refractivity contribution >= 4 is 23.6 Å². The average Bonchev–Trinajstić information content (AvgIpc) is 2.36. The molecule has 0 radical (unpaired) electrons. The van der Waals surface area contributed by atoms with Gasteiger partial charge >= 0.3 is 5.97 Å². The van der Waals surface area contributed by atoms with E-state index < -0.39 is 17.6 Å². The number of hydrogen-bond donors (Lipinski definition) is 1. The van der Waals surface area contributed by atoms with Gasteiger partial charge in [0.1, 0.15) is 17.5 Å². The minimum atomic E-state index is -0.703. The molecule has 0 bridgehead atoms. The van der Waals surface area contributed by atoms with Crippen LogP contribution >= 0.6 is 11.8 Å². The van der Waals surface area contributed by atoms with E-state index in [1.807, 2.05) is 0 Å². The van der Waals surface area contributed by atoms with Gasteiger partial charge in [0, 0.05) is 4.90 Å². The molecule has 0 unspecified atom stereocenters. The largest absolute Gasteiger partial charge is 0.458 e. The molecular weight excluding hydrogens is 293 g/mol. The van der Waals surface area contributed by atoms with Crippen LogP contribution in [0.3, 0.4) is 0 Å². The van der Waals surface area contributed by atoms with Crippen molar-refractivity contribution in [2.24, 2.45) is 0 Å². The Bertz CT molecular complexity index is 497. The maximum absolute atomic E-state index is 12.7. The van der Waals surface area contributed by atoms with E-state index in [0.717, 1.165) is 4.90 Å². The summed E-state index contributed by atoms with van der Waals surface area (Å²) in [4.78, 5) is 24.3. The Balaban J connectivity index is 2.39. The standard InChI is InChI=1S/C15H20FNO3S/c1-10(14(19)20-15(2,3)4)17-13(18)9-21-12-7-5-11(16)6-8-12/h5-8,10H,9H2,1-4H3,(H,17,18)/t10-/m0/s1.